The first-order valence-corrected chi connectivity index (χ1v) is 11.5. The lowest BCUT2D eigenvalue weighted by atomic mass is 10.0. The van der Waals surface area contributed by atoms with E-state index in [0.29, 0.717) is 49.2 Å². The Bertz CT molecular complexity index is 1230. The molecule has 168 valence electrons. The Labute approximate surface area is 191 Å². The number of amides is 2. The van der Waals surface area contributed by atoms with Gasteiger partial charge in [0.2, 0.25) is 6.10 Å². The number of hydrogen-bond donors (Lipinski definition) is 0. The van der Waals surface area contributed by atoms with Crippen LogP contribution in [0.25, 0.3) is 10.9 Å². The third-order valence-corrected chi connectivity index (χ3v) is 6.62. The van der Waals surface area contributed by atoms with Gasteiger partial charge in [-0.15, -0.1) is 0 Å². The Balaban J connectivity index is 1.15. The number of aromatic nitrogens is 1. The van der Waals surface area contributed by atoms with E-state index in [1.807, 2.05) is 53.4 Å². The summed E-state index contributed by atoms with van der Waals surface area (Å²) in [5, 5.41) is 0.886. The number of carbonyl (C=O) groups is 2. The second kappa shape index (κ2) is 8.06. The Morgan fingerprint density at radius 1 is 0.879 bits per heavy atom. The van der Waals surface area contributed by atoms with Crippen molar-refractivity contribution in [1.82, 2.24) is 14.8 Å². The zero-order chi connectivity index (χ0) is 22.4. The van der Waals surface area contributed by atoms with Crippen LogP contribution in [0.15, 0.2) is 54.6 Å². The van der Waals surface area contributed by atoms with Crippen LogP contribution in [0.5, 0.6) is 11.5 Å². The van der Waals surface area contributed by atoms with Crippen molar-refractivity contribution >= 4 is 22.7 Å². The molecule has 2 aliphatic heterocycles. The van der Waals surface area contributed by atoms with Crippen molar-refractivity contribution in [3.63, 3.8) is 0 Å². The summed E-state index contributed by atoms with van der Waals surface area (Å²) in [6.45, 7) is 2.13. The normalized spacial score (nSPS) is 20.1. The Morgan fingerprint density at radius 3 is 2.36 bits per heavy atom. The topological polar surface area (TPSA) is 72.0 Å². The number of benzene rings is 2. The van der Waals surface area contributed by atoms with Crippen molar-refractivity contribution < 1.29 is 19.1 Å². The molecule has 1 saturated carbocycles. The number of nitrogens with zero attached hydrogens (tertiary/aromatic N) is 3. The van der Waals surface area contributed by atoms with Gasteiger partial charge in [0.05, 0.1) is 11.1 Å². The lowest BCUT2D eigenvalue weighted by Crippen LogP contribution is -2.55. The highest BCUT2D eigenvalue weighted by molar-refractivity contribution is 6.06. The molecule has 6 rings (SSSR count). The van der Waals surface area contributed by atoms with Gasteiger partial charge in [-0.05, 0) is 37.1 Å². The van der Waals surface area contributed by atoms with E-state index in [9.17, 15) is 9.59 Å². The summed E-state index contributed by atoms with van der Waals surface area (Å²) < 4.78 is 11.6. The van der Waals surface area contributed by atoms with Crippen LogP contribution >= 0.6 is 0 Å². The molecule has 3 heterocycles. The first kappa shape index (κ1) is 20.0. The SMILES string of the molecule is O=C(c1cc(C2CC2)nc2ccccc12)N1CCN(C(=O)C2COc3ccccc3O2)CC1. The minimum Gasteiger partial charge on any atom is -0.485 e. The molecule has 2 aromatic carbocycles. The molecule has 0 bridgehead atoms. The van der Waals surface area contributed by atoms with Gasteiger partial charge in [0.25, 0.3) is 11.8 Å². The van der Waals surface area contributed by atoms with Gasteiger partial charge in [-0.25, -0.2) is 0 Å². The largest absolute Gasteiger partial charge is 0.485 e. The first-order chi connectivity index (χ1) is 16.2. The van der Waals surface area contributed by atoms with Gasteiger partial charge in [-0.2, -0.15) is 0 Å². The van der Waals surface area contributed by atoms with Crippen LogP contribution in [0.3, 0.4) is 0 Å². The summed E-state index contributed by atoms with van der Waals surface area (Å²) in [6, 6.07) is 17.2. The van der Waals surface area contributed by atoms with Gasteiger partial charge in [0.1, 0.15) is 6.61 Å². The second-order valence-corrected chi connectivity index (χ2v) is 8.87. The van der Waals surface area contributed by atoms with E-state index in [1.165, 1.54) is 0 Å². The van der Waals surface area contributed by atoms with Gasteiger partial charge >= 0.3 is 0 Å². The Hall–Kier alpha value is -3.61. The number of hydrogen-bond acceptors (Lipinski definition) is 5. The van der Waals surface area contributed by atoms with E-state index in [-0.39, 0.29) is 18.4 Å². The lowest BCUT2D eigenvalue weighted by molar-refractivity contribution is -0.142. The van der Waals surface area contributed by atoms with Gasteiger partial charge in [0.15, 0.2) is 11.5 Å². The Kier molecular flexibility index (Phi) is 4.89. The van der Waals surface area contributed by atoms with Crippen molar-refractivity contribution in [1.29, 1.82) is 0 Å². The van der Waals surface area contributed by atoms with E-state index in [2.05, 4.69) is 0 Å². The summed E-state index contributed by atoms with van der Waals surface area (Å²) in [6.07, 6.45) is 1.61. The van der Waals surface area contributed by atoms with E-state index in [4.69, 9.17) is 14.5 Å². The maximum Gasteiger partial charge on any atom is 0.267 e. The van der Waals surface area contributed by atoms with E-state index >= 15 is 0 Å². The molecule has 3 aliphatic rings. The van der Waals surface area contributed by atoms with Gasteiger partial charge in [0, 0.05) is 43.2 Å². The summed E-state index contributed by atoms with van der Waals surface area (Å²) in [7, 11) is 0. The lowest BCUT2D eigenvalue weighted by Gasteiger charge is -2.37. The van der Waals surface area contributed by atoms with Gasteiger partial charge in [-0.1, -0.05) is 30.3 Å². The van der Waals surface area contributed by atoms with Crippen LogP contribution in [0.1, 0.15) is 34.8 Å². The zero-order valence-corrected chi connectivity index (χ0v) is 18.3. The molecule has 1 atom stereocenters. The molecule has 0 radical (unpaired) electrons. The van der Waals surface area contributed by atoms with Gasteiger partial charge in [-0.3, -0.25) is 14.6 Å². The molecule has 2 fully saturated rings. The highest BCUT2D eigenvalue weighted by Crippen LogP contribution is 2.40. The van der Waals surface area contributed by atoms with Gasteiger partial charge < -0.3 is 19.3 Å². The predicted octanol–water partition coefficient (Wildman–Crippen LogP) is 3.24. The maximum atomic E-state index is 13.5. The number of piperazine rings is 1. The average molecular weight is 444 g/mol. The Morgan fingerprint density at radius 2 is 1.58 bits per heavy atom. The zero-order valence-electron chi connectivity index (χ0n) is 18.3. The summed E-state index contributed by atoms with van der Waals surface area (Å²) >= 11 is 0. The quantitative estimate of drug-likeness (QED) is 0.622. The molecule has 7 nitrogen and oxygen atoms in total. The molecule has 1 aromatic heterocycles. The number of carbonyl (C=O) groups excluding carboxylic acids is 2. The molecule has 3 aromatic rings. The fourth-order valence-electron chi connectivity index (χ4n) is 4.61. The molecule has 1 unspecified atom stereocenters. The van der Waals surface area contributed by atoms with Crippen molar-refractivity contribution in [2.45, 2.75) is 24.9 Å². The van der Waals surface area contributed by atoms with Crippen LogP contribution in [0.2, 0.25) is 0 Å². The predicted molar refractivity (Wildman–Crippen MR) is 123 cm³/mol. The first-order valence-electron chi connectivity index (χ1n) is 11.5. The molecule has 0 spiro atoms. The van der Waals surface area contributed by atoms with Crippen molar-refractivity contribution in [2.75, 3.05) is 32.8 Å². The number of ether oxygens (including phenoxy) is 2. The highest BCUT2D eigenvalue weighted by atomic mass is 16.6. The molecule has 1 saturated heterocycles. The molecule has 2 amide bonds. The van der Waals surface area contributed by atoms with E-state index in [1.54, 1.807) is 11.0 Å². The third kappa shape index (κ3) is 3.77. The summed E-state index contributed by atoms with van der Waals surface area (Å²) in [5.74, 6) is 1.63. The molecule has 33 heavy (non-hydrogen) atoms. The number of rotatable bonds is 3. The van der Waals surface area contributed by atoms with E-state index < -0.39 is 6.10 Å². The van der Waals surface area contributed by atoms with Crippen LogP contribution in [-0.4, -0.2) is 65.5 Å². The second-order valence-electron chi connectivity index (χ2n) is 8.87. The maximum absolute atomic E-state index is 13.5. The average Bonchev–Trinajstić information content (AvgIpc) is 3.73. The van der Waals surface area contributed by atoms with Crippen molar-refractivity contribution in [3.8, 4) is 11.5 Å². The van der Waals surface area contributed by atoms with Crippen molar-refractivity contribution in [3.05, 3.63) is 65.9 Å². The number of fused-ring (bicyclic) bond motifs is 2. The minimum absolute atomic E-state index is 0.00813. The summed E-state index contributed by atoms with van der Waals surface area (Å²) in [5.41, 5.74) is 2.59. The minimum atomic E-state index is -0.660. The van der Waals surface area contributed by atoms with Crippen LogP contribution in [-0.2, 0) is 4.79 Å². The van der Waals surface area contributed by atoms with Crippen LogP contribution < -0.4 is 9.47 Å². The smallest absolute Gasteiger partial charge is 0.267 e. The molecular formula is C26H25N3O4. The summed E-state index contributed by atoms with van der Waals surface area (Å²) in [4.78, 5) is 34.9. The van der Waals surface area contributed by atoms with Crippen molar-refractivity contribution in [2.24, 2.45) is 0 Å². The highest BCUT2D eigenvalue weighted by Gasteiger charge is 2.34. The monoisotopic (exact) mass is 443 g/mol. The molecule has 7 heteroatoms. The third-order valence-electron chi connectivity index (χ3n) is 6.62. The number of pyridine rings is 1. The van der Waals surface area contributed by atoms with Crippen LogP contribution in [0.4, 0.5) is 0 Å². The fraction of sp³-hybridized carbons (Fsp3) is 0.346. The molecular weight excluding hydrogens is 418 g/mol. The number of para-hydroxylation sites is 3. The van der Waals surface area contributed by atoms with E-state index in [0.717, 1.165) is 29.4 Å². The fourth-order valence-corrected chi connectivity index (χ4v) is 4.61. The molecule has 1 aliphatic carbocycles. The molecule has 0 N–H and O–H groups in total. The van der Waals surface area contributed by atoms with Crippen LogP contribution in [0, 0.1) is 0 Å². The standard InChI is InChI=1S/C26H25N3O4/c30-25(19-15-21(17-9-10-17)27-20-6-2-1-5-18(19)20)28-11-13-29(14-12-28)26(31)24-16-32-22-7-3-4-8-23(22)33-24/h1-8,15,17,24H,9-14,16H2.